The van der Waals surface area contributed by atoms with E-state index >= 15 is 0 Å². The molecule has 114 valence electrons. The maximum atomic E-state index is 12.7. The molecule has 22 heavy (non-hydrogen) atoms. The summed E-state index contributed by atoms with van der Waals surface area (Å²) in [5.74, 6) is 0.204. The Labute approximate surface area is 131 Å². The number of nitrogens with two attached hydrogens (primary N) is 1. The molecule has 3 rings (SSSR count). The van der Waals surface area contributed by atoms with Crippen molar-refractivity contribution in [2.45, 2.75) is 32.2 Å². The van der Waals surface area contributed by atoms with Crippen LogP contribution in [0.15, 0.2) is 48.5 Å². The molecule has 0 aliphatic carbocycles. The van der Waals surface area contributed by atoms with Crippen molar-refractivity contribution in [3.05, 3.63) is 65.2 Å². The summed E-state index contributed by atoms with van der Waals surface area (Å²) in [6.45, 7) is 2.98. The highest BCUT2D eigenvalue weighted by Crippen LogP contribution is 2.34. The van der Waals surface area contributed by atoms with Crippen LogP contribution in [0.3, 0.4) is 0 Å². The highest BCUT2D eigenvalue weighted by atomic mass is 16.2. The van der Waals surface area contributed by atoms with Crippen molar-refractivity contribution in [1.29, 1.82) is 0 Å². The van der Waals surface area contributed by atoms with E-state index in [1.54, 1.807) is 0 Å². The van der Waals surface area contributed by atoms with Crippen molar-refractivity contribution in [2.75, 3.05) is 12.3 Å². The Kier molecular flexibility index (Phi) is 4.14. The number of carbonyl (C=O) groups excluding carboxylic acids is 1. The fourth-order valence-electron chi connectivity index (χ4n) is 3.26. The molecular formula is C19H22N2O. The summed E-state index contributed by atoms with van der Waals surface area (Å²) in [4.78, 5) is 14.7. The Morgan fingerprint density at radius 1 is 1.18 bits per heavy atom. The third kappa shape index (κ3) is 2.98. The molecule has 1 fully saturated rings. The fourth-order valence-corrected chi connectivity index (χ4v) is 3.26. The molecule has 0 spiro atoms. The Hall–Kier alpha value is -2.29. The smallest absolute Gasteiger partial charge is 0.227 e. The van der Waals surface area contributed by atoms with Crippen LogP contribution in [0.25, 0.3) is 0 Å². The number of carbonyl (C=O) groups is 1. The largest absolute Gasteiger partial charge is 0.399 e. The van der Waals surface area contributed by atoms with Gasteiger partial charge in [-0.3, -0.25) is 4.79 Å². The Morgan fingerprint density at radius 2 is 1.91 bits per heavy atom. The fraction of sp³-hybridized carbons (Fsp3) is 0.316. The van der Waals surface area contributed by atoms with E-state index in [4.69, 9.17) is 5.73 Å². The van der Waals surface area contributed by atoms with Gasteiger partial charge in [0, 0.05) is 12.2 Å². The molecule has 1 amide bonds. The number of aryl methyl sites for hydroxylation is 1. The number of likely N-dealkylation sites (tertiary alicyclic amines) is 1. The summed E-state index contributed by atoms with van der Waals surface area (Å²) in [7, 11) is 0. The van der Waals surface area contributed by atoms with E-state index in [1.807, 2.05) is 35.2 Å². The number of nitrogen functional groups attached to an aromatic ring is 1. The summed E-state index contributed by atoms with van der Waals surface area (Å²) in [6.07, 6.45) is 2.58. The highest BCUT2D eigenvalue weighted by Gasteiger charge is 2.30. The van der Waals surface area contributed by atoms with Gasteiger partial charge in [-0.2, -0.15) is 0 Å². The standard InChI is InChI=1S/C19H22N2O/c1-14-5-2-3-6-17(14)18-7-4-12-21(18)19(22)13-15-8-10-16(20)11-9-15/h2-3,5-6,8-11,18H,4,7,12-13,20H2,1H3. The summed E-state index contributed by atoms with van der Waals surface area (Å²) >= 11 is 0. The lowest BCUT2D eigenvalue weighted by molar-refractivity contribution is -0.131. The van der Waals surface area contributed by atoms with Crippen molar-refractivity contribution >= 4 is 11.6 Å². The van der Waals surface area contributed by atoms with Gasteiger partial charge in [-0.1, -0.05) is 36.4 Å². The van der Waals surface area contributed by atoms with E-state index in [9.17, 15) is 4.79 Å². The Morgan fingerprint density at radius 3 is 2.64 bits per heavy atom. The average Bonchev–Trinajstić information content (AvgIpc) is 2.99. The molecule has 1 heterocycles. The molecule has 0 radical (unpaired) electrons. The van der Waals surface area contributed by atoms with Gasteiger partial charge in [0.15, 0.2) is 0 Å². The number of rotatable bonds is 3. The zero-order chi connectivity index (χ0) is 15.5. The van der Waals surface area contributed by atoms with Crippen LogP contribution >= 0.6 is 0 Å². The number of anilines is 1. The minimum atomic E-state index is 0.204. The molecule has 0 saturated carbocycles. The zero-order valence-corrected chi connectivity index (χ0v) is 13.0. The van der Waals surface area contributed by atoms with E-state index in [0.717, 1.165) is 30.6 Å². The van der Waals surface area contributed by atoms with Gasteiger partial charge in [0.25, 0.3) is 0 Å². The first-order valence-corrected chi connectivity index (χ1v) is 7.84. The first kappa shape index (κ1) is 14.6. The zero-order valence-electron chi connectivity index (χ0n) is 13.0. The predicted octanol–water partition coefficient (Wildman–Crippen LogP) is 3.48. The lowest BCUT2D eigenvalue weighted by atomic mass is 9.99. The van der Waals surface area contributed by atoms with E-state index in [-0.39, 0.29) is 11.9 Å². The Bertz CT molecular complexity index is 663. The second-order valence-corrected chi connectivity index (χ2v) is 6.02. The van der Waals surface area contributed by atoms with Gasteiger partial charge in [-0.25, -0.2) is 0 Å². The van der Waals surface area contributed by atoms with Crippen LogP contribution < -0.4 is 5.73 Å². The monoisotopic (exact) mass is 294 g/mol. The molecule has 1 saturated heterocycles. The van der Waals surface area contributed by atoms with Crippen LogP contribution in [0.2, 0.25) is 0 Å². The molecule has 1 aliphatic heterocycles. The maximum absolute atomic E-state index is 12.7. The summed E-state index contributed by atoms with van der Waals surface area (Å²) in [5.41, 5.74) is 10.0. The van der Waals surface area contributed by atoms with Crippen molar-refractivity contribution in [3.63, 3.8) is 0 Å². The second-order valence-electron chi connectivity index (χ2n) is 6.02. The highest BCUT2D eigenvalue weighted by molar-refractivity contribution is 5.79. The van der Waals surface area contributed by atoms with Crippen LogP contribution in [-0.4, -0.2) is 17.4 Å². The summed E-state index contributed by atoms with van der Waals surface area (Å²) in [6, 6.07) is 16.2. The van der Waals surface area contributed by atoms with Crippen LogP contribution in [0.4, 0.5) is 5.69 Å². The maximum Gasteiger partial charge on any atom is 0.227 e. The first-order chi connectivity index (χ1) is 10.6. The SMILES string of the molecule is Cc1ccccc1C1CCCN1C(=O)Cc1ccc(N)cc1. The molecule has 2 aromatic carbocycles. The Balaban J connectivity index is 1.76. The minimum Gasteiger partial charge on any atom is -0.399 e. The number of hydrogen-bond donors (Lipinski definition) is 1. The minimum absolute atomic E-state index is 0.204. The van der Waals surface area contributed by atoms with Crippen molar-refractivity contribution in [1.82, 2.24) is 4.90 Å². The molecular weight excluding hydrogens is 272 g/mol. The molecule has 3 heteroatoms. The number of nitrogens with zero attached hydrogens (tertiary/aromatic N) is 1. The molecule has 1 aliphatic rings. The van der Waals surface area contributed by atoms with Gasteiger partial charge in [0.2, 0.25) is 5.91 Å². The lowest BCUT2D eigenvalue weighted by Crippen LogP contribution is -2.32. The van der Waals surface area contributed by atoms with E-state index in [2.05, 4.69) is 25.1 Å². The van der Waals surface area contributed by atoms with Gasteiger partial charge in [0.05, 0.1) is 12.5 Å². The van der Waals surface area contributed by atoms with Gasteiger partial charge in [-0.15, -0.1) is 0 Å². The van der Waals surface area contributed by atoms with Crippen molar-refractivity contribution in [2.24, 2.45) is 0 Å². The van der Waals surface area contributed by atoms with Gasteiger partial charge >= 0.3 is 0 Å². The molecule has 1 atom stereocenters. The van der Waals surface area contributed by atoms with E-state index < -0.39 is 0 Å². The molecule has 1 unspecified atom stereocenters. The van der Waals surface area contributed by atoms with Crippen molar-refractivity contribution in [3.8, 4) is 0 Å². The van der Waals surface area contributed by atoms with Gasteiger partial charge in [-0.05, 0) is 48.6 Å². The van der Waals surface area contributed by atoms with Crippen molar-refractivity contribution < 1.29 is 4.79 Å². The average molecular weight is 294 g/mol. The second kappa shape index (κ2) is 6.22. The number of benzene rings is 2. The number of hydrogen-bond acceptors (Lipinski definition) is 2. The molecule has 0 aromatic heterocycles. The molecule has 3 nitrogen and oxygen atoms in total. The topological polar surface area (TPSA) is 46.3 Å². The number of amides is 1. The third-order valence-corrected chi connectivity index (χ3v) is 4.46. The van der Waals surface area contributed by atoms with Crippen LogP contribution in [0.1, 0.15) is 35.6 Å². The van der Waals surface area contributed by atoms with E-state index in [1.165, 1.54) is 11.1 Å². The quantitative estimate of drug-likeness (QED) is 0.881. The van der Waals surface area contributed by atoms with Crippen LogP contribution in [-0.2, 0) is 11.2 Å². The first-order valence-electron chi connectivity index (χ1n) is 7.84. The third-order valence-electron chi connectivity index (χ3n) is 4.46. The van der Waals surface area contributed by atoms with Gasteiger partial charge in [0.1, 0.15) is 0 Å². The molecule has 0 bridgehead atoms. The molecule has 2 aromatic rings. The van der Waals surface area contributed by atoms with Crippen LogP contribution in [0.5, 0.6) is 0 Å². The van der Waals surface area contributed by atoms with E-state index in [0.29, 0.717) is 6.42 Å². The van der Waals surface area contributed by atoms with Gasteiger partial charge < -0.3 is 10.6 Å². The normalized spacial score (nSPS) is 17.7. The predicted molar refractivity (Wildman–Crippen MR) is 89.4 cm³/mol. The lowest BCUT2D eigenvalue weighted by Gasteiger charge is -2.26. The van der Waals surface area contributed by atoms with Crippen LogP contribution in [0, 0.1) is 6.92 Å². The summed E-state index contributed by atoms with van der Waals surface area (Å²) < 4.78 is 0. The summed E-state index contributed by atoms with van der Waals surface area (Å²) in [5, 5.41) is 0. The molecule has 2 N–H and O–H groups in total.